The van der Waals surface area contributed by atoms with Crippen molar-refractivity contribution in [3.63, 3.8) is 0 Å². The minimum absolute atomic E-state index is 0.515. The summed E-state index contributed by atoms with van der Waals surface area (Å²) in [5.74, 6) is 1.70. The van der Waals surface area contributed by atoms with E-state index in [0.717, 1.165) is 23.6 Å². The van der Waals surface area contributed by atoms with Crippen LogP contribution in [0, 0.1) is 0 Å². The Morgan fingerprint density at radius 1 is 0.800 bits per heavy atom. The number of aryl methyl sites for hydroxylation is 1. The highest BCUT2D eigenvalue weighted by atomic mass is 16.5. The van der Waals surface area contributed by atoms with Gasteiger partial charge in [0, 0.05) is 5.69 Å². The first-order valence-corrected chi connectivity index (χ1v) is 9.22. The molecule has 1 heterocycles. The Bertz CT molecular complexity index is 619. The fraction of sp³-hybridized carbons (Fsp3) is 0.429. The van der Waals surface area contributed by atoms with Crippen LogP contribution in [0.1, 0.15) is 24.8 Å². The van der Waals surface area contributed by atoms with Crippen LogP contribution in [0.5, 0.6) is 11.5 Å². The van der Waals surface area contributed by atoms with Crippen LogP contribution in [-0.4, -0.2) is 37.7 Å². The summed E-state index contributed by atoms with van der Waals surface area (Å²) in [6.07, 6.45) is 5.11. The van der Waals surface area contributed by atoms with E-state index in [1.807, 2.05) is 24.3 Å². The van der Waals surface area contributed by atoms with Crippen LogP contribution < -0.4 is 15.2 Å². The topological polar surface area (TPSA) is 47.7 Å². The third kappa shape index (κ3) is 5.98. The van der Waals surface area contributed by atoms with Gasteiger partial charge in [-0.05, 0) is 87.3 Å². The third-order valence-electron chi connectivity index (χ3n) is 4.56. The van der Waals surface area contributed by atoms with Crippen molar-refractivity contribution in [2.45, 2.75) is 25.7 Å². The molecule has 4 heteroatoms. The summed E-state index contributed by atoms with van der Waals surface area (Å²) in [4.78, 5) is 2.57. The van der Waals surface area contributed by atoms with E-state index < -0.39 is 0 Å². The number of nitrogen functional groups attached to an aromatic ring is 1. The molecule has 4 nitrogen and oxygen atoms in total. The van der Waals surface area contributed by atoms with Gasteiger partial charge in [-0.1, -0.05) is 12.1 Å². The molecule has 0 aliphatic carbocycles. The second-order valence-electron chi connectivity index (χ2n) is 6.56. The van der Waals surface area contributed by atoms with Gasteiger partial charge in [0.15, 0.2) is 0 Å². The Labute approximate surface area is 150 Å². The number of benzene rings is 2. The number of hydrogen-bond donors (Lipinski definition) is 1. The monoisotopic (exact) mass is 340 g/mol. The first-order chi connectivity index (χ1) is 12.3. The number of anilines is 1. The second-order valence-corrected chi connectivity index (χ2v) is 6.56. The molecule has 0 unspecified atom stereocenters. The van der Waals surface area contributed by atoms with Crippen molar-refractivity contribution in [1.29, 1.82) is 0 Å². The molecule has 2 aromatic rings. The number of nitrogens with zero attached hydrogens (tertiary/aromatic N) is 1. The molecule has 0 saturated carbocycles. The molecule has 0 spiro atoms. The van der Waals surface area contributed by atoms with Crippen LogP contribution in [0.15, 0.2) is 48.5 Å². The first kappa shape index (κ1) is 17.6. The molecule has 3 rings (SSSR count). The smallest absolute Gasteiger partial charge is 0.122 e. The highest BCUT2D eigenvalue weighted by molar-refractivity contribution is 5.41. The lowest BCUT2D eigenvalue weighted by Gasteiger charge is -2.14. The summed E-state index contributed by atoms with van der Waals surface area (Å²) in [6, 6.07) is 15.8. The van der Waals surface area contributed by atoms with Gasteiger partial charge >= 0.3 is 0 Å². The fourth-order valence-corrected chi connectivity index (χ4v) is 3.15. The van der Waals surface area contributed by atoms with Gasteiger partial charge < -0.3 is 20.1 Å². The third-order valence-corrected chi connectivity index (χ3v) is 4.56. The summed E-state index contributed by atoms with van der Waals surface area (Å²) in [6.45, 7) is 4.83. The van der Waals surface area contributed by atoms with Crippen LogP contribution >= 0.6 is 0 Å². The zero-order valence-corrected chi connectivity index (χ0v) is 14.8. The molecule has 0 atom stereocenters. The highest BCUT2D eigenvalue weighted by Gasteiger charge is 2.10. The van der Waals surface area contributed by atoms with E-state index in [1.54, 1.807) is 0 Å². The molecule has 2 N–H and O–H groups in total. The van der Waals surface area contributed by atoms with Crippen LogP contribution in [0.25, 0.3) is 0 Å². The van der Waals surface area contributed by atoms with Gasteiger partial charge in [-0.15, -0.1) is 0 Å². The molecular formula is C21H28N2O2. The lowest BCUT2D eigenvalue weighted by molar-refractivity contribution is 0.217. The Balaban J connectivity index is 1.32. The maximum atomic E-state index is 5.73. The van der Waals surface area contributed by atoms with Crippen LogP contribution in [0.2, 0.25) is 0 Å². The van der Waals surface area contributed by atoms with Gasteiger partial charge in [0.1, 0.15) is 24.7 Å². The van der Waals surface area contributed by atoms with E-state index >= 15 is 0 Å². The molecule has 0 aromatic heterocycles. The lowest BCUT2D eigenvalue weighted by Crippen LogP contribution is -2.20. The molecule has 1 saturated heterocycles. The Kier molecular flexibility index (Phi) is 6.57. The maximum absolute atomic E-state index is 5.73. The van der Waals surface area contributed by atoms with Crippen molar-refractivity contribution in [3.05, 3.63) is 54.1 Å². The van der Waals surface area contributed by atoms with Crippen molar-refractivity contribution in [3.8, 4) is 11.5 Å². The average molecular weight is 340 g/mol. The minimum atomic E-state index is 0.515. The molecular weight excluding hydrogens is 312 g/mol. The number of rotatable bonds is 9. The molecule has 2 aromatic carbocycles. The predicted octanol–water partition coefficient (Wildman–Crippen LogP) is 3.76. The predicted molar refractivity (Wildman–Crippen MR) is 102 cm³/mol. The molecule has 0 radical (unpaired) electrons. The normalized spacial score (nSPS) is 14.6. The molecule has 0 amide bonds. The van der Waals surface area contributed by atoms with Crippen LogP contribution in [-0.2, 0) is 6.42 Å². The molecule has 25 heavy (non-hydrogen) atoms. The SMILES string of the molecule is Nc1ccc(OCCOc2ccc(CCCN3CCCC3)cc2)cc1. The Morgan fingerprint density at radius 2 is 1.36 bits per heavy atom. The first-order valence-electron chi connectivity index (χ1n) is 9.22. The molecule has 1 aliphatic heterocycles. The van der Waals surface area contributed by atoms with Gasteiger partial charge in [-0.25, -0.2) is 0 Å². The van der Waals surface area contributed by atoms with Crippen molar-refractivity contribution in [2.75, 3.05) is 38.6 Å². The van der Waals surface area contributed by atoms with Gasteiger partial charge in [-0.3, -0.25) is 0 Å². The quantitative estimate of drug-likeness (QED) is 0.558. The van der Waals surface area contributed by atoms with Crippen molar-refractivity contribution >= 4 is 5.69 Å². The molecule has 1 aliphatic rings. The largest absolute Gasteiger partial charge is 0.490 e. The van der Waals surface area contributed by atoms with Crippen LogP contribution in [0.3, 0.4) is 0 Å². The van der Waals surface area contributed by atoms with Gasteiger partial charge in [-0.2, -0.15) is 0 Å². The van der Waals surface area contributed by atoms with E-state index in [4.69, 9.17) is 15.2 Å². The fourth-order valence-electron chi connectivity index (χ4n) is 3.15. The van der Waals surface area contributed by atoms with Crippen molar-refractivity contribution in [2.24, 2.45) is 0 Å². The van der Waals surface area contributed by atoms with Gasteiger partial charge in [0.2, 0.25) is 0 Å². The van der Waals surface area contributed by atoms with E-state index in [2.05, 4.69) is 29.2 Å². The van der Waals surface area contributed by atoms with E-state index in [1.165, 1.54) is 44.5 Å². The standard InChI is InChI=1S/C21H28N2O2/c22-19-7-11-21(12-8-19)25-17-16-24-20-9-5-18(6-10-20)4-3-15-23-13-1-2-14-23/h5-12H,1-4,13-17,22H2. The van der Waals surface area contributed by atoms with E-state index in [0.29, 0.717) is 13.2 Å². The number of likely N-dealkylation sites (tertiary alicyclic amines) is 1. The molecule has 134 valence electrons. The lowest BCUT2D eigenvalue weighted by atomic mass is 10.1. The number of ether oxygens (including phenoxy) is 2. The summed E-state index contributed by atoms with van der Waals surface area (Å²) in [5, 5.41) is 0. The Hall–Kier alpha value is -2.20. The Morgan fingerprint density at radius 3 is 1.96 bits per heavy atom. The zero-order chi connectivity index (χ0) is 17.3. The van der Waals surface area contributed by atoms with E-state index in [9.17, 15) is 0 Å². The summed E-state index contributed by atoms with van der Waals surface area (Å²) in [5.41, 5.74) is 7.77. The van der Waals surface area contributed by atoms with Crippen LogP contribution in [0.4, 0.5) is 5.69 Å². The van der Waals surface area contributed by atoms with Crippen molar-refractivity contribution < 1.29 is 9.47 Å². The molecule has 1 fully saturated rings. The summed E-state index contributed by atoms with van der Waals surface area (Å²) in [7, 11) is 0. The number of nitrogens with two attached hydrogens (primary N) is 1. The number of hydrogen-bond acceptors (Lipinski definition) is 4. The van der Waals surface area contributed by atoms with Gasteiger partial charge in [0.25, 0.3) is 0 Å². The highest BCUT2D eigenvalue weighted by Crippen LogP contribution is 2.16. The average Bonchev–Trinajstić information content (AvgIpc) is 3.15. The van der Waals surface area contributed by atoms with Crippen molar-refractivity contribution in [1.82, 2.24) is 4.90 Å². The van der Waals surface area contributed by atoms with Gasteiger partial charge in [0.05, 0.1) is 0 Å². The summed E-state index contributed by atoms with van der Waals surface area (Å²) >= 11 is 0. The minimum Gasteiger partial charge on any atom is -0.490 e. The molecule has 0 bridgehead atoms. The second kappa shape index (κ2) is 9.33. The maximum Gasteiger partial charge on any atom is 0.122 e. The zero-order valence-electron chi connectivity index (χ0n) is 14.8. The summed E-state index contributed by atoms with van der Waals surface area (Å²) < 4.78 is 11.4. The van der Waals surface area contributed by atoms with E-state index in [-0.39, 0.29) is 0 Å².